The molecule has 0 aliphatic rings. The number of ether oxygens (including phenoxy) is 3. The van der Waals surface area contributed by atoms with Crippen molar-refractivity contribution in [2.24, 2.45) is 0 Å². The summed E-state index contributed by atoms with van der Waals surface area (Å²) in [5, 5.41) is 5.66. The van der Waals surface area contributed by atoms with Gasteiger partial charge >= 0.3 is 0 Å². The Morgan fingerprint density at radius 3 is 1.86 bits per heavy atom. The van der Waals surface area contributed by atoms with E-state index in [0.29, 0.717) is 29.4 Å². The van der Waals surface area contributed by atoms with Gasteiger partial charge in [0.15, 0.2) is 24.6 Å². The number of hydrogen-bond donors (Lipinski definition) is 3. The molecule has 0 fully saturated rings. The van der Waals surface area contributed by atoms with Crippen LogP contribution in [0.4, 0.5) is 11.4 Å². The number of rotatable bonds is 10. The molecule has 2 aromatic carbocycles. The molecule has 8 nitrogen and oxygen atoms in total. The fourth-order valence-corrected chi connectivity index (χ4v) is 2.77. The Bertz CT molecular complexity index is 824. The van der Waals surface area contributed by atoms with Crippen molar-refractivity contribution in [3.05, 3.63) is 42.5 Å². The summed E-state index contributed by atoms with van der Waals surface area (Å²) >= 11 is 0. The van der Waals surface area contributed by atoms with Crippen molar-refractivity contribution in [1.29, 1.82) is 0 Å². The smallest absolute Gasteiger partial charge is 0.279 e. The lowest BCUT2D eigenvalue weighted by Crippen LogP contribution is -3.13. The highest BCUT2D eigenvalue weighted by molar-refractivity contribution is 5.93. The molecule has 156 valence electrons. The molecule has 0 aliphatic heterocycles. The first kappa shape index (κ1) is 22.0. The molecule has 2 amide bonds. The SMILES string of the molecule is CC[NH+](CC(=O)Nc1ccc(OC)cc1)CC(=O)Nc1ccc(OC)c(OC)c1. The number of amides is 2. The second-order valence-corrected chi connectivity index (χ2v) is 6.35. The zero-order valence-electron chi connectivity index (χ0n) is 17.2. The summed E-state index contributed by atoms with van der Waals surface area (Å²) in [4.78, 5) is 25.5. The molecular formula is C21H28N3O5+. The first-order chi connectivity index (χ1) is 14.0. The Kier molecular flexibility index (Phi) is 8.29. The molecule has 1 atom stereocenters. The number of benzene rings is 2. The Morgan fingerprint density at radius 1 is 0.793 bits per heavy atom. The van der Waals surface area contributed by atoms with Crippen LogP contribution < -0.4 is 29.7 Å². The van der Waals surface area contributed by atoms with Crippen molar-refractivity contribution in [3.8, 4) is 17.2 Å². The van der Waals surface area contributed by atoms with Gasteiger partial charge in [0.05, 0.1) is 27.9 Å². The minimum atomic E-state index is -0.189. The van der Waals surface area contributed by atoms with Crippen molar-refractivity contribution >= 4 is 23.2 Å². The molecule has 0 saturated carbocycles. The summed E-state index contributed by atoms with van der Waals surface area (Å²) in [6.07, 6.45) is 0. The van der Waals surface area contributed by atoms with Gasteiger partial charge in [-0.25, -0.2) is 0 Å². The quantitative estimate of drug-likeness (QED) is 0.556. The number of carbonyl (C=O) groups is 2. The van der Waals surface area contributed by atoms with Crippen molar-refractivity contribution < 1.29 is 28.7 Å². The average Bonchev–Trinajstić information content (AvgIpc) is 2.73. The number of anilines is 2. The highest BCUT2D eigenvalue weighted by Gasteiger charge is 2.17. The Hall–Kier alpha value is -3.26. The van der Waals surface area contributed by atoms with E-state index < -0.39 is 0 Å². The van der Waals surface area contributed by atoms with Gasteiger partial charge in [-0.2, -0.15) is 0 Å². The first-order valence-electron chi connectivity index (χ1n) is 9.28. The molecule has 2 aromatic rings. The van der Waals surface area contributed by atoms with E-state index >= 15 is 0 Å². The molecule has 29 heavy (non-hydrogen) atoms. The van der Waals surface area contributed by atoms with Crippen LogP contribution in [0.2, 0.25) is 0 Å². The maximum atomic E-state index is 12.4. The summed E-state index contributed by atoms with van der Waals surface area (Å²) in [7, 11) is 4.67. The van der Waals surface area contributed by atoms with E-state index in [0.717, 1.165) is 10.6 Å². The van der Waals surface area contributed by atoms with Gasteiger partial charge in [-0.15, -0.1) is 0 Å². The lowest BCUT2D eigenvalue weighted by atomic mass is 10.2. The molecule has 0 spiro atoms. The molecule has 1 unspecified atom stereocenters. The van der Waals surface area contributed by atoms with E-state index in [4.69, 9.17) is 14.2 Å². The van der Waals surface area contributed by atoms with Crippen LogP contribution in [0.15, 0.2) is 42.5 Å². The topological polar surface area (TPSA) is 90.3 Å². The number of quaternary nitrogens is 1. The monoisotopic (exact) mass is 402 g/mol. The van der Waals surface area contributed by atoms with Gasteiger partial charge in [0.25, 0.3) is 11.8 Å². The standard InChI is InChI=1S/C21H27N3O5/c1-5-24(13-20(25)22-15-6-9-17(27-2)10-7-15)14-21(26)23-16-8-11-18(28-3)19(12-16)29-4/h6-12H,5,13-14H2,1-4H3,(H,22,25)(H,23,26)/p+1. The number of hydrogen-bond acceptors (Lipinski definition) is 5. The molecule has 0 heterocycles. The van der Waals surface area contributed by atoms with Crippen molar-refractivity contribution in [1.82, 2.24) is 0 Å². The average molecular weight is 402 g/mol. The summed E-state index contributed by atoms with van der Waals surface area (Å²) in [6, 6.07) is 12.2. The van der Waals surface area contributed by atoms with Crippen LogP contribution >= 0.6 is 0 Å². The number of nitrogens with one attached hydrogen (secondary N) is 3. The molecule has 0 aromatic heterocycles. The zero-order chi connectivity index (χ0) is 21.2. The van der Waals surface area contributed by atoms with E-state index in [-0.39, 0.29) is 24.9 Å². The Balaban J connectivity index is 1.89. The Labute approximate surface area is 170 Å². The number of carbonyl (C=O) groups excluding carboxylic acids is 2. The van der Waals surface area contributed by atoms with E-state index in [9.17, 15) is 9.59 Å². The molecule has 0 bridgehead atoms. The van der Waals surface area contributed by atoms with Gasteiger partial charge in [0, 0.05) is 17.4 Å². The van der Waals surface area contributed by atoms with Crippen LogP contribution in [0.3, 0.4) is 0 Å². The van der Waals surface area contributed by atoms with Gasteiger partial charge in [-0.3, -0.25) is 9.59 Å². The highest BCUT2D eigenvalue weighted by atomic mass is 16.5. The van der Waals surface area contributed by atoms with Gasteiger partial charge in [-0.05, 0) is 43.3 Å². The van der Waals surface area contributed by atoms with Gasteiger partial charge in [-0.1, -0.05) is 0 Å². The van der Waals surface area contributed by atoms with Crippen LogP contribution in [0.5, 0.6) is 17.2 Å². The van der Waals surface area contributed by atoms with Crippen LogP contribution in [0.25, 0.3) is 0 Å². The molecule has 3 N–H and O–H groups in total. The van der Waals surface area contributed by atoms with E-state index in [1.165, 1.54) is 7.11 Å². The predicted molar refractivity (Wildman–Crippen MR) is 111 cm³/mol. The molecule has 0 saturated heterocycles. The molecule has 8 heteroatoms. The third-order valence-electron chi connectivity index (χ3n) is 4.36. The third-order valence-corrected chi connectivity index (χ3v) is 4.36. The van der Waals surface area contributed by atoms with Crippen LogP contribution in [-0.4, -0.2) is 52.8 Å². The fourth-order valence-electron chi connectivity index (χ4n) is 2.77. The zero-order valence-corrected chi connectivity index (χ0v) is 17.2. The third kappa shape index (κ3) is 6.69. The first-order valence-corrected chi connectivity index (χ1v) is 9.28. The van der Waals surface area contributed by atoms with E-state index in [1.54, 1.807) is 56.7 Å². The summed E-state index contributed by atoms with van der Waals surface area (Å²) in [5.74, 6) is 1.48. The minimum Gasteiger partial charge on any atom is -0.497 e. The van der Waals surface area contributed by atoms with Crippen LogP contribution in [0.1, 0.15) is 6.92 Å². The molecule has 0 radical (unpaired) electrons. The van der Waals surface area contributed by atoms with Crippen molar-refractivity contribution in [2.75, 3.05) is 51.6 Å². The second kappa shape index (κ2) is 10.9. The predicted octanol–water partition coefficient (Wildman–Crippen LogP) is 1.19. The molecule has 2 rings (SSSR count). The van der Waals surface area contributed by atoms with Gasteiger partial charge < -0.3 is 29.7 Å². The summed E-state index contributed by atoms with van der Waals surface area (Å²) in [5.41, 5.74) is 1.28. The van der Waals surface area contributed by atoms with Gasteiger partial charge in [0.1, 0.15) is 5.75 Å². The fraction of sp³-hybridized carbons (Fsp3) is 0.333. The number of methoxy groups -OCH3 is 3. The van der Waals surface area contributed by atoms with Crippen molar-refractivity contribution in [3.63, 3.8) is 0 Å². The molecule has 0 aliphatic carbocycles. The van der Waals surface area contributed by atoms with Gasteiger partial charge in [0.2, 0.25) is 0 Å². The van der Waals surface area contributed by atoms with E-state index in [1.807, 2.05) is 6.92 Å². The lowest BCUT2D eigenvalue weighted by molar-refractivity contribution is -0.881. The minimum absolute atomic E-state index is 0.161. The maximum absolute atomic E-state index is 12.4. The largest absolute Gasteiger partial charge is 0.497 e. The summed E-state index contributed by atoms with van der Waals surface area (Å²) < 4.78 is 15.5. The second-order valence-electron chi connectivity index (χ2n) is 6.35. The summed E-state index contributed by atoms with van der Waals surface area (Å²) in [6.45, 7) is 2.91. The molecular weight excluding hydrogens is 374 g/mol. The number of likely N-dealkylation sites (N-methyl/N-ethyl adjacent to an activating group) is 1. The van der Waals surface area contributed by atoms with Crippen LogP contribution in [0, 0.1) is 0 Å². The Morgan fingerprint density at radius 2 is 1.34 bits per heavy atom. The normalized spacial score (nSPS) is 11.3. The highest BCUT2D eigenvalue weighted by Crippen LogP contribution is 2.29. The lowest BCUT2D eigenvalue weighted by Gasteiger charge is -2.17. The van der Waals surface area contributed by atoms with E-state index in [2.05, 4.69) is 10.6 Å². The van der Waals surface area contributed by atoms with Crippen LogP contribution in [-0.2, 0) is 9.59 Å². The maximum Gasteiger partial charge on any atom is 0.279 e. The van der Waals surface area contributed by atoms with Crippen molar-refractivity contribution in [2.45, 2.75) is 6.92 Å².